The summed E-state index contributed by atoms with van der Waals surface area (Å²) >= 11 is 2.01. The van der Waals surface area contributed by atoms with E-state index in [1.54, 1.807) is 0 Å². The second-order valence-corrected chi connectivity index (χ2v) is 9.90. The van der Waals surface area contributed by atoms with Gasteiger partial charge in [0.15, 0.2) is 0 Å². The van der Waals surface area contributed by atoms with E-state index in [1.807, 2.05) is 11.8 Å². The maximum atomic E-state index is 5.84. The van der Waals surface area contributed by atoms with E-state index in [0.717, 1.165) is 5.75 Å². The zero-order chi connectivity index (χ0) is 19.0. The summed E-state index contributed by atoms with van der Waals surface area (Å²) in [5, 5.41) is 4.24. The lowest BCUT2D eigenvalue weighted by molar-refractivity contribution is 0.0272. The highest BCUT2D eigenvalue weighted by molar-refractivity contribution is 7.99. The van der Waals surface area contributed by atoms with Crippen molar-refractivity contribution in [1.29, 1.82) is 0 Å². The van der Waals surface area contributed by atoms with Crippen molar-refractivity contribution in [2.24, 2.45) is 5.92 Å². The predicted octanol–water partition coefficient (Wildman–Crippen LogP) is 4.97. The summed E-state index contributed by atoms with van der Waals surface area (Å²) in [6.07, 6.45) is 0.190. The molecule has 0 amide bonds. The van der Waals surface area contributed by atoms with Gasteiger partial charge in [-0.05, 0) is 29.0 Å². The van der Waals surface area contributed by atoms with E-state index in [-0.39, 0.29) is 17.6 Å². The van der Waals surface area contributed by atoms with Crippen LogP contribution in [0.4, 0.5) is 0 Å². The molecular formula is C23H30N2OS. The van der Waals surface area contributed by atoms with Gasteiger partial charge in [-0.25, -0.2) is 0 Å². The Morgan fingerprint density at radius 1 is 0.963 bits per heavy atom. The fourth-order valence-corrected chi connectivity index (χ4v) is 5.52. The van der Waals surface area contributed by atoms with Crippen molar-refractivity contribution in [2.45, 2.75) is 56.7 Å². The van der Waals surface area contributed by atoms with Gasteiger partial charge in [-0.1, -0.05) is 75.4 Å². The van der Waals surface area contributed by atoms with Gasteiger partial charge in [0.25, 0.3) is 0 Å². The zero-order valence-electron chi connectivity index (χ0n) is 16.6. The smallest absolute Gasteiger partial charge is 0.0824 e. The molecular weight excluding hydrogens is 352 g/mol. The molecule has 0 saturated carbocycles. The van der Waals surface area contributed by atoms with Crippen LogP contribution in [0.1, 0.15) is 55.8 Å². The predicted molar refractivity (Wildman–Crippen MR) is 114 cm³/mol. The number of hydrogen-bond donors (Lipinski definition) is 2. The Balaban J connectivity index is 1.48. The van der Waals surface area contributed by atoms with Crippen LogP contribution in [-0.2, 0) is 10.3 Å². The number of thioether (sulfide) groups is 1. The number of hydroxylamine groups is 1. The molecule has 27 heavy (non-hydrogen) atoms. The Morgan fingerprint density at radius 2 is 1.67 bits per heavy atom. The number of rotatable bonds is 3. The normalized spacial score (nSPS) is 31.3. The van der Waals surface area contributed by atoms with Gasteiger partial charge in [0.1, 0.15) is 0 Å². The van der Waals surface area contributed by atoms with Gasteiger partial charge in [-0.3, -0.25) is 10.2 Å². The molecule has 0 spiro atoms. The Hall–Kier alpha value is -1.33. The van der Waals surface area contributed by atoms with Gasteiger partial charge in [-0.15, -0.1) is 11.8 Å². The molecule has 4 heteroatoms. The Labute approximate surface area is 167 Å². The molecule has 2 N–H and O–H groups in total. The lowest BCUT2D eigenvalue weighted by atomic mass is 9.85. The Morgan fingerprint density at radius 3 is 2.33 bits per heavy atom. The van der Waals surface area contributed by atoms with Gasteiger partial charge < -0.3 is 0 Å². The van der Waals surface area contributed by atoms with Crippen molar-refractivity contribution in [3.63, 3.8) is 0 Å². The molecule has 2 aliphatic heterocycles. The third-order valence-electron chi connectivity index (χ3n) is 5.82. The first kappa shape index (κ1) is 19.0. The SMILES string of the molecule is CC1ONC(c2ccccc2)C1C1CSC(c2ccc(C(C)(C)C)cc2)N1. The molecule has 2 aliphatic rings. The summed E-state index contributed by atoms with van der Waals surface area (Å²) in [5.74, 6) is 1.52. The minimum absolute atomic E-state index is 0.190. The van der Waals surface area contributed by atoms with Gasteiger partial charge in [0, 0.05) is 17.7 Å². The summed E-state index contributed by atoms with van der Waals surface area (Å²) in [5.41, 5.74) is 7.53. The van der Waals surface area contributed by atoms with Crippen LogP contribution in [-0.4, -0.2) is 17.9 Å². The second kappa shape index (κ2) is 7.59. The molecule has 0 aliphatic carbocycles. The van der Waals surface area contributed by atoms with E-state index >= 15 is 0 Å². The topological polar surface area (TPSA) is 33.3 Å². The third kappa shape index (κ3) is 3.95. The van der Waals surface area contributed by atoms with Crippen molar-refractivity contribution in [2.75, 3.05) is 5.75 Å². The first-order valence-electron chi connectivity index (χ1n) is 9.88. The van der Waals surface area contributed by atoms with Gasteiger partial charge >= 0.3 is 0 Å². The standard InChI is InChI=1S/C23H30N2OS/c1-15-20(21(25-26-15)16-8-6-5-7-9-16)19-14-27-22(24-19)17-10-12-18(13-11-17)23(2,3)4/h5-13,15,19-22,24-25H,14H2,1-4H3. The molecule has 4 rings (SSSR count). The van der Waals surface area contributed by atoms with Crippen LogP contribution >= 0.6 is 11.8 Å². The molecule has 5 atom stereocenters. The summed E-state index contributed by atoms with van der Waals surface area (Å²) in [6, 6.07) is 20.5. The maximum absolute atomic E-state index is 5.84. The van der Waals surface area contributed by atoms with Crippen molar-refractivity contribution >= 4 is 11.8 Å². The van der Waals surface area contributed by atoms with E-state index < -0.39 is 0 Å². The van der Waals surface area contributed by atoms with Crippen LogP contribution in [0.5, 0.6) is 0 Å². The average Bonchev–Trinajstić information content (AvgIpc) is 3.28. The number of benzene rings is 2. The molecule has 144 valence electrons. The maximum Gasteiger partial charge on any atom is 0.0824 e. The van der Waals surface area contributed by atoms with Gasteiger partial charge in [0.05, 0.1) is 17.5 Å². The molecule has 0 bridgehead atoms. The van der Waals surface area contributed by atoms with Gasteiger partial charge in [0.2, 0.25) is 0 Å². The summed E-state index contributed by atoms with van der Waals surface area (Å²) in [4.78, 5) is 5.84. The summed E-state index contributed by atoms with van der Waals surface area (Å²) < 4.78 is 0. The van der Waals surface area contributed by atoms with Crippen LogP contribution in [0, 0.1) is 5.92 Å². The van der Waals surface area contributed by atoms with Crippen LogP contribution in [0.2, 0.25) is 0 Å². The minimum Gasteiger partial charge on any atom is -0.298 e. The fraction of sp³-hybridized carbons (Fsp3) is 0.478. The van der Waals surface area contributed by atoms with Gasteiger partial charge in [-0.2, -0.15) is 5.48 Å². The molecule has 2 fully saturated rings. The summed E-state index contributed by atoms with van der Waals surface area (Å²) in [6.45, 7) is 8.97. The molecule has 3 nitrogen and oxygen atoms in total. The average molecular weight is 383 g/mol. The van der Waals surface area contributed by atoms with Crippen LogP contribution in [0.3, 0.4) is 0 Å². The molecule has 2 aromatic rings. The van der Waals surface area contributed by atoms with E-state index in [1.165, 1.54) is 16.7 Å². The van der Waals surface area contributed by atoms with Crippen molar-refractivity contribution in [1.82, 2.24) is 10.8 Å². The summed E-state index contributed by atoms with van der Waals surface area (Å²) in [7, 11) is 0. The lowest BCUT2D eigenvalue weighted by Gasteiger charge is -2.27. The number of nitrogens with one attached hydrogen (secondary N) is 2. The Kier molecular flexibility index (Phi) is 5.34. The van der Waals surface area contributed by atoms with Crippen molar-refractivity contribution < 1.29 is 4.84 Å². The van der Waals surface area contributed by atoms with E-state index in [0.29, 0.717) is 17.3 Å². The molecule has 5 unspecified atom stereocenters. The molecule has 0 aromatic heterocycles. The van der Waals surface area contributed by atoms with E-state index in [4.69, 9.17) is 4.84 Å². The first-order chi connectivity index (χ1) is 12.9. The van der Waals surface area contributed by atoms with E-state index in [9.17, 15) is 0 Å². The minimum atomic E-state index is 0.190. The quantitative estimate of drug-likeness (QED) is 0.785. The number of hydrogen-bond acceptors (Lipinski definition) is 4. The van der Waals surface area contributed by atoms with Crippen LogP contribution in [0.15, 0.2) is 54.6 Å². The third-order valence-corrected chi connectivity index (χ3v) is 7.11. The second-order valence-electron chi connectivity index (χ2n) is 8.77. The molecule has 2 saturated heterocycles. The van der Waals surface area contributed by atoms with Crippen LogP contribution < -0.4 is 10.8 Å². The highest BCUT2D eigenvalue weighted by Gasteiger charge is 2.44. The highest BCUT2D eigenvalue weighted by Crippen LogP contribution is 2.42. The molecule has 0 radical (unpaired) electrons. The molecule has 2 aromatic carbocycles. The van der Waals surface area contributed by atoms with Crippen molar-refractivity contribution in [3.8, 4) is 0 Å². The molecule has 2 heterocycles. The van der Waals surface area contributed by atoms with E-state index in [2.05, 4.69) is 93.1 Å². The highest BCUT2D eigenvalue weighted by atomic mass is 32.2. The fourth-order valence-electron chi connectivity index (χ4n) is 4.18. The lowest BCUT2D eigenvalue weighted by Crippen LogP contribution is -2.40. The zero-order valence-corrected chi connectivity index (χ0v) is 17.4. The first-order valence-corrected chi connectivity index (χ1v) is 10.9. The van der Waals surface area contributed by atoms with Crippen molar-refractivity contribution in [3.05, 3.63) is 71.3 Å². The van der Waals surface area contributed by atoms with Crippen LogP contribution in [0.25, 0.3) is 0 Å². The Bertz CT molecular complexity index is 756. The largest absolute Gasteiger partial charge is 0.298 e. The monoisotopic (exact) mass is 382 g/mol.